The molecule has 2 nitrogen and oxygen atoms in total. The van der Waals surface area contributed by atoms with Crippen molar-refractivity contribution in [3.05, 3.63) is 265 Å². The highest BCUT2D eigenvalue weighted by Crippen LogP contribution is 2.61. The van der Waals surface area contributed by atoms with Gasteiger partial charge < -0.3 is 9.47 Å². The summed E-state index contributed by atoms with van der Waals surface area (Å²) in [5.41, 5.74) is 21.8. The Balaban J connectivity index is 0.955. The molecule has 1 aromatic heterocycles. The van der Waals surface area contributed by atoms with Gasteiger partial charge in [-0.05, 0) is 110 Å². The fourth-order valence-electron chi connectivity index (χ4n) is 10.9. The van der Waals surface area contributed by atoms with Crippen LogP contribution in [0.25, 0.3) is 72.0 Å². The molecule has 1 aliphatic heterocycles. The van der Waals surface area contributed by atoms with Crippen molar-refractivity contribution in [3.8, 4) is 50.2 Å². The van der Waals surface area contributed by atoms with Crippen LogP contribution in [0.3, 0.4) is 0 Å². The molecule has 0 N–H and O–H groups in total. The summed E-state index contributed by atoms with van der Waals surface area (Å²) >= 11 is 0. The summed E-state index contributed by atoms with van der Waals surface area (Å²) < 4.78 is 2.51. The standard InChI is InChI=1S/C61H40N2/c1-3-16-41(17-4-1)42-30-35-46(36-31-42)62(57-27-12-8-20-48(57)44-18-5-2-6-19-44)47-37-32-43(33-38-47)45-34-39-54-52(40-45)49-21-7-10-24-53(49)61(54)55-25-11-14-29-59(55)63-58-28-13-9-22-50(58)51-23-15-26-56(61)60(51)63/h1-40H. The first-order valence-corrected chi connectivity index (χ1v) is 21.8. The van der Waals surface area contributed by atoms with Crippen molar-refractivity contribution < 1.29 is 0 Å². The molecule has 0 fully saturated rings. The van der Waals surface area contributed by atoms with E-state index in [0.717, 1.165) is 17.1 Å². The van der Waals surface area contributed by atoms with Gasteiger partial charge in [0.1, 0.15) is 0 Å². The first-order chi connectivity index (χ1) is 31.3. The van der Waals surface area contributed by atoms with E-state index >= 15 is 0 Å². The van der Waals surface area contributed by atoms with Gasteiger partial charge in [0.2, 0.25) is 0 Å². The van der Waals surface area contributed by atoms with E-state index in [1.54, 1.807) is 0 Å². The van der Waals surface area contributed by atoms with Gasteiger partial charge in [0.05, 0.1) is 27.8 Å². The van der Waals surface area contributed by atoms with Gasteiger partial charge in [0.15, 0.2) is 0 Å². The highest BCUT2D eigenvalue weighted by Gasteiger charge is 2.50. The highest BCUT2D eigenvalue weighted by atomic mass is 15.1. The number of hydrogen-bond donors (Lipinski definition) is 0. The minimum Gasteiger partial charge on any atom is -0.310 e. The van der Waals surface area contributed by atoms with Gasteiger partial charge in [-0.2, -0.15) is 0 Å². The molecule has 2 aliphatic rings. The first kappa shape index (κ1) is 35.5. The van der Waals surface area contributed by atoms with Crippen LogP contribution in [-0.4, -0.2) is 4.57 Å². The lowest BCUT2D eigenvalue weighted by atomic mass is 9.65. The zero-order chi connectivity index (χ0) is 41.5. The second-order valence-electron chi connectivity index (χ2n) is 16.8. The lowest BCUT2D eigenvalue weighted by Crippen LogP contribution is -2.33. The molecule has 1 aliphatic carbocycles. The third-order valence-electron chi connectivity index (χ3n) is 13.6. The van der Waals surface area contributed by atoms with Crippen LogP contribution in [0.4, 0.5) is 17.1 Å². The van der Waals surface area contributed by atoms with E-state index in [1.807, 2.05) is 0 Å². The molecule has 0 bridgehead atoms. The normalized spacial score (nSPS) is 14.4. The van der Waals surface area contributed by atoms with Crippen LogP contribution in [0.1, 0.15) is 22.3 Å². The number of nitrogens with zero attached hydrogens (tertiary/aromatic N) is 2. The Bertz CT molecular complexity index is 3550. The number of fused-ring (bicyclic) bond motifs is 12. The van der Waals surface area contributed by atoms with Crippen LogP contribution in [0.15, 0.2) is 243 Å². The predicted octanol–water partition coefficient (Wildman–Crippen LogP) is 15.9. The van der Waals surface area contributed by atoms with Gasteiger partial charge in [-0.25, -0.2) is 0 Å². The summed E-state index contributed by atoms with van der Waals surface area (Å²) in [4.78, 5) is 2.39. The molecule has 0 saturated carbocycles. The summed E-state index contributed by atoms with van der Waals surface area (Å²) in [6, 6.07) is 89.3. The van der Waals surface area contributed by atoms with Gasteiger partial charge in [-0.1, -0.05) is 194 Å². The average Bonchev–Trinajstić information content (AvgIpc) is 3.85. The van der Waals surface area contributed by atoms with E-state index in [4.69, 9.17) is 0 Å². The van der Waals surface area contributed by atoms with Gasteiger partial charge in [0.25, 0.3) is 0 Å². The van der Waals surface area contributed by atoms with E-state index < -0.39 is 5.41 Å². The molecular formula is C61H40N2. The molecule has 294 valence electrons. The molecule has 1 unspecified atom stereocenters. The Morgan fingerprint density at radius 3 is 1.60 bits per heavy atom. The number of para-hydroxylation sites is 4. The maximum atomic E-state index is 2.51. The molecule has 63 heavy (non-hydrogen) atoms. The summed E-state index contributed by atoms with van der Waals surface area (Å²) in [6.07, 6.45) is 0. The van der Waals surface area contributed by atoms with Crippen LogP contribution in [-0.2, 0) is 5.41 Å². The zero-order valence-electron chi connectivity index (χ0n) is 34.5. The SMILES string of the molecule is c1ccc(-c2ccc(N(c3ccc(-c4ccc5c(c4)-c4ccccc4C54c5ccccc5-n5c6ccccc6c6cccc4c65)cc3)c3ccccc3-c3ccccc3)cc2)cc1. The number of rotatable bonds is 6. The lowest BCUT2D eigenvalue weighted by molar-refractivity contribution is 0.748. The van der Waals surface area contributed by atoms with E-state index in [9.17, 15) is 0 Å². The Morgan fingerprint density at radius 2 is 0.841 bits per heavy atom. The molecule has 1 atom stereocenters. The number of benzene rings is 10. The molecule has 0 saturated heterocycles. The smallest absolute Gasteiger partial charge is 0.0754 e. The minimum absolute atomic E-state index is 0.461. The third-order valence-corrected chi connectivity index (χ3v) is 13.6. The summed E-state index contributed by atoms with van der Waals surface area (Å²) in [5.74, 6) is 0. The lowest BCUT2D eigenvalue weighted by Gasteiger charge is -2.39. The molecule has 11 aromatic rings. The average molecular weight is 801 g/mol. The Hall–Kier alpha value is -8.20. The van der Waals surface area contributed by atoms with Crippen molar-refractivity contribution in [1.29, 1.82) is 0 Å². The van der Waals surface area contributed by atoms with Gasteiger partial charge in [-0.3, -0.25) is 0 Å². The monoisotopic (exact) mass is 800 g/mol. The van der Waals surface area contributed by atoms with Gasteiger partial charge >= 0.3 is 0 Å². The van der Waals surface area contributed by atoms with Crippen LogP contribution in [0.2, 0.25) is 0 Å². The maximum absolute atomic E-state index is 2.51. The fourth-order valence-corrected chi connectivity index (χ4v) is 10.9. The van der Waals surface area contributed by atoms with E-state index in [1.165, 1.54) is 94.3 Å². The molecule has 0 amide bonds. The van der Waals surface area contributed by atoms with Crippen molar-refractivity contribution in [1.82, 2.24) is 4.57 Å². The third kappa shape index (κ3) is 5.19. The van der Waals surface area contributed by atoms with Crippen molar-refractivity contribution in [2.24, 2.45) is 0 Å². The highest BCUT2D eigenvalue weighted by molar-refractivity contribution is 6.13. The number of hydrogen-bond acceptors (Lipinski definition) is 1. The second kappa shape index (κ2) is 13.9. The van der Waals surface area contributed by atoms with Crippen molar-refractivity contribution in [2.75, 3.05) is 4.90 Å². The van der Waals surface area contributed by atoms with Gasteiger partial charge in [0, 0.05) is 27.7 Å². The van der Waals surface area contributed by atoms with Crippen molar-refractivity contribution >= 4 is 38.9 Å². The molecule has 2 heterocycles. The van der Waals surface area contributed by atoms with Crippen LogP contribution in [0.5, 0.6) is 0 Å². The predicted molar refractivity (Wildman–Crippen MR) is 263 cm³/mol. The molecule has 10 aromatic carbocycles. The molecular weight excluding hydrogens is 761 g/mol. The van der Waals surface area contributed by atoms with Crippen molar-refractivity contribution in [3.63, 3.8) is 0 Å². The summed E-state index contributed by atoms with van der Waals surface area (Å²) in [5, 5.41) is 2.59. The second-order valence-corrected chi connectivity index (χ2v) is 16.8. The summed E-state index contributed by atoms with van der Waals surface area (Å²) in [6.45, 7) is 0. The molecule has 2 heteroatoms. The molecule has 1 spiro atoms. The Kier molecular flexibility index (Phi) is 7.85. The maximum Gasteiger partial charge on any atom is 0.0754 e. The minimum atomic E-state index is -0.461. The largest absolute Gasteiger partial charge is 0.310 e. The van der Waals surface area contributed by atoms with Crippen LogP contribution in [0, 0.1) is 0 Å². The summed E-state index contributed by atoms with van der Waals surface area (Å²) in [7, 11) is 0. The number of aromatic nitrogens is 1. The fraction of sp³-hybridized carbons (Fsp3) is 0.0164. The van der Waals surface area contributed by atoms with E-state index in [2.05, 4.69) is 252 Å². The molecule has 13 rings (SSSR count). The molecule has 0 radical (unpaired) electrons. The van der Waals surface area contributed by atoms with Gasteiger partial charge in [-0.15, -0.1) is 0 Å². The zero-order valence-corrected chi connectivity index (χ0v) is 34.5. The first-order valence-electron chi connectivity index (χ1n) is 21.8. The quantitative estimate of drug-likeness (QED) is 0.163. The van der Waals surface area contributed by atoms with Crippen molar-refractivity contribution in [2.45, 2.75) is 5.41 Å². The topological polar surface area (TPSA) is 8.17 Å². The van der Waals surface area contributed by atoms with E-state index in [-0.39, 0.29) is 0 Å². The number of anilines is 3. The Morgan fingerprint density at radius 1 is 0.317 bits per heavy atom. The van der Waals surface area contributed by atoms with Crippen LogP contribution < -0.4 is 4.90 Å². The van der Waals surface area contributed by atoms with E-state index in [0.29, 0.717) is 0 Å². The Labute approximate surface area is 367 Å². The van der Waals surface area contributed by atoms with Crippen LogP contribution >= 0.6 is 0 Å².